The summed E-state index contributed by atoms with van der Waals surface area (Å²) in [5.41, 5.74) is 0.919. The molecule has 1 fully saturated rings. The van der Waals surface area contributed by atoms with Crippen LogP contribution >= 0.6 is 0 Å². The Labute approximate surface area is 204 Å². The zero-order chi connectivity index (χ0) is 25.2. The molecule has 1 saturated heterocycles. The highest BCUT2D eigenvalue weighted by Gasteiger charge is 2.31. The monoisotopic (exact) mass is 495 g/mol. The summed E-state index contributed by atoms with van der Waals surface area (Å²) in [6, 6.07) is 17.0. The summed E-state index contributed by atoms with van der Waals surface area (Å²) >= 11 is 0. The Bertz CT molecular complexity index is 1310. The van der Waals surface area contributed by atoms with E-state index < -0.39 is 21.8 Å². The average molecular weight is 496 g/mol. The summed E-state index contributed by atoms with van der Waals surface area (Å²) < 4.78 is 46.0. The third kappa shape index (κ3) is 5.66. The summed E-state index contributed by atoms with van der Waals surface area (Å²) in [5.74, 6) is -0.534. The molecule has 0 bridgehead atoms. The van der Waals surface area contributed by atoms with Crippen LogP contribution in [-0.2, 0) is 10.0 Å². The van der Waals surface area contributed by atoms with Crippen LogP contribution in [-0.4, -0.2) is 37.6 Å². The second-order valence-corrected chi connectivity index (χ2v) is 11.0. The summed E-state index contributed by atoms with van der Waals surface area (Å²) in [5, 5.41) is 0. The maximum Gasteiger partial charge on any atom is 0.343 e. The number of sulfonamides is 1. The normalized spacial score (nSPS) is 18.7. The van der Waals surface area contributed by atoms with E-state index in [4.69, 9.17) is 4.74 Å². The van der Waals surface area contributed by atoms with Gasteiger partial charge in [0.2, 0.25) is 10.0 Å². The van der Waals surface area contributed by atoms with Gasteiger partial charge in [-0.1, -0.05) is 13.8 Å². The fourth-order valence-corrected chi connectivity index (χ4v) is 6.00. The van der Waals surface area contributed by atoms with Gasteiger partial charge in [-0.15, -0.1) is 0 Å². The van der Waals surface area contributed by atoms with Crippen LogP contribution < -0.4 is 4.74 Å². The molecule has 3 aromatic rings. The summed E-state index contributed by atoms with van der Waals surface area (Å²) in [6.07, 6.45) is 0.998. The molecule has 0 aromatic heterocycles. The minimum absolute atomic E-state index is 0.138. The number of ketones is 1. The number of benzene rings is 3. The van der Waals surface area contributed by atoms with Gasteiger partial charge in [0.25, 0.3) is 0 Å². The van der Waals surface area contributed by atoms with Crippen LogP contribution in [0, 0.1) is 17.7 Å². The smallest absolute Gasteiger partial charge is 0.343 e. The Morgan fingerprint density at radius 3 is 1.83 bits per heavy atom. The highest BCUT2D eigenvalue weighted by molar-refractivity contribution is 7.89. The quantitative estimate of drug-likeness (QED) is 0.275. The summed E-state index contributed by atoms with van der Waals surface area (Å²) in [7, 11) is -3.64. The topological polar surface area (TPSA) is 80.8 Å². The van der Waals surface area contributed by atoms with Gasteiger partial charge in [0, 0.05) is 24.2 Å². The zero-order valence-electron chi connectivity index (χ0n) is 19.5. The van der Waals surface area contributed by atoms with Crippen molar-refractivity contribution in [2.75, 3.05) is 13.1 Å². The molecule has 1 aliphatic rings. The first-order chi connectivity index (χ1) is 16.6. The first kappa shape index (κ1) is 24.8. The van der Waals surface area contributed by atoms with Crippen LogP contribution in [0.1, 0.15) is 46.5 Å². The maximum atomic E-state index is 13.1. The molecular formula is C27H26FNO5S. The first-order valence-corrected chi connectivity index (χ1v) is 12.8. The summed E-state index contributed by atoms with van der Waals surface area (Å²) in [4.78, 5) is 25.2. The van der Waals surface area contributed by atoms with E-state index in [0.717, 1.165) is 6.42 Å². The van der Waals surface area contributed by atoms with Crippen LogP contribution in [0.5, 0.6) is 5.75 Å². The van der Waals surface area contributed by atoms with E-state index in [9.17, 15) is 22.4 Å². The molecule has 0 radical (unpaired) electrons. The van der Waals surface area contributed by atoms with Crippen LogP contribution in [0.4, 0.5) is 4.39 Å². The van der Waals surface area contributed by atoms with E-state index in [0.29, 0.717) is 36.1 Å². The fraction of sp³-hybridized carbons (Fsp3) is 0.259. The van der Waals surface area contributed by atoms with Crippen molar-refractivity contribution in [3.8, 4) is 5.75 Å². The van der Waals surface area contributed by atoms with Gasteiger partial charge in [0.05, 0.1) is 10.5 Å². The number of nitrogens with zero attached hydrogens (tertiary/aromatic N) is 1. The number of hydrogen-bond donors (Lipinski definition) is 0. The van der Waals surface area contributed by atoms with Crippen molar-refractivity contribution in [3.05, 3.63) is 95.3 Å². The fourth-order valence-electron chi connectivity index (χ4n) is 4.32. The Morgan fingerprint density at radius 1 is 0.800 bits per heavy atom. The molecule has 0 N–H and O–H groups in total. The van der Waals surface area contributed by atoms with E-state index in [1.807, 2.05) is 13.8 Å². The molecule has 1 aliphatic heterocycles. The molecule has 8 heteroatoms. The molecule has 0 spiro atoms. The highest BCUT2D eigenvalue weighted by atomic mass is 32.2. The van der Waals surface area contributed by atoms with Crippen molar-refractivity contribution >= 4 is 21.8 Å². The lowest BCUT2D eigenvalue weighted by atomic mass is 9.94. The van der Waals surface area contributed by atoms with Crippen LogP contribution in [0.2, 0.25) is 0 Å². The number of ether oxygens (including phenoxy) is 1. The van der Waals surface area contributed by atoms with E-state index in [2.05, 4.69) is 0 Å². The van der Waals surface area contributed by atoms with Gasteiger partial charge in [0.15, 0.2) is 5.78 Å². The number of halogens is 1. The molecule has 35 heavy (non-hydrogen) atoms. The number of esters is 1. The van der Waals surface area contributed by atoms with E-state index in [-0.39, 0.29) is 22.0 Å². The molecule has 0 saturated carbocycles. The Kier molecular flexibility index (Phi) is 7.14. The predicted octanol–water partition coefficient (Wildman–Crippen LogP) is 4.94. The highest BCUT2D eigenvalue weighted by Crippen LogP contribution is 2.27. The third-order valence-corrected chi connectivity index (χ3v) is 7.84. The maximum absolute atomic E-state index is 13.1. The molecular weight excluding hydrogens is 469 g/mol. The van der Waals surface area contributed by atoms with Gasteiger partial charge in [0.1, 0.15) is 11.6 Å². The van der Waals surface area contributed by atoms with Crippen molar-refractivity contribution in [1.29, 1.82) is 0 Å². The van der Waals surface area contributed by atoms with Crippen molar-refractivity contribution < 1.29 is 27.1 Å². The zero-order valence-corrected chi connectivity index (χ0v) is 20.3. The molecule has 0 aliphatic carbocycles. The minimum Gasteiger partial charge on any atom is -0.423 e. The lowest BCUT2D eigenvalue weighted by molar-refractivity contribution is 0.0734. The predicted molar refractivity (Wildman–Crippen MR) is 129 cm³/mol. The molecule has 0 amide bonds. The van der Waals surface area contributed by atoms with Crippen LogP contribution in [0.15, 0.2) is 77.7 Å². The molecule has 182 valence electrons. The number of carbonyl (C=O) groups is 2. The molecule has 6 nitrogen and oxygen atoms in total. The molecule has 1 heterocycles. The Hall–Kier alpha value is -3.36. The average Bonchev–Trinajstić information content (AvgIpc) is 2.84. The van der Waals surface area contributed by atoms with E-state index in [1.165, 1.54) is 77.1 Å². The minimum atomic E-state index is -3.64. The molecule has 0 unspecified atom stereocenters. The van der Waals surface area contributed by atoms with Crippen molar-refractivity contribution in [2.24, 2.45) is 11.8 Å². The van der Waals surface area contributed by atoms with Crippen molar-refractivity contribution in [2.45, 2.75) is 25.2 Å². The van der Waals surface area contributed by atoms with Crippen molar-refractivity contribution in [3.63, 3.8) is 0 Å². The van der Waals surface area contributed by atoms with Crippen LogP contribution in [0.3, 0.4) is 0 Å². The second kappa shape index (κ2) is 10.1. The van der Waals surface area contributed by atoms with Gasteiger partial charge >= 0.3 is 5.97 Å². The second-order valence-electron chi connectivity index (χ2n) is 9.04. The van der Waals surface area contributed by atoms with Gasteiger partial charge in [-0.05, 0) is 91.1 Å². The molecule has 3 aromatic carbocycles. The lowest BCUT2D eigenvalue weighted by Gasteiger charge is -2.34. The molecule has 2 atom stereocenters. The largest absolute Gasteiger partial charge is 0.423 e. The third-order valence-electron chi connectivity index (χ3n) is 6.00. The van der Waals surface area contributed by atoms with Gasteiger partial charge in [-0.3, -0.25) is 4.79 Å². The van der Waals surface area contributed by atoms with E-state index >= 15 is 0 Å². The Balaban J connectivity index is 1.42. The number of carbonyl (C=O) groups excluding carboxylic acids is 2. The van der Waals surface area contributed by atoms with Crippen molar-refractivity contribution in [1.82, 2.24) is 4.31 Å². The SMILES string of the molecule is C[C@@H]1C[C@@H](C)CN(S(=O)(=O)c2ccc(C(=O)Oc3ccc(C(=O)c4ccc(F)cc4)cc3)cc2)C1. The number of rotatable bonds is 6. The Morgan fingerprint density at radius 2 is 1.29 bits per heavy atom. The number of piperidine rings is 1. The number of hydrogen-bond acceptors (Lipinski definition) is 5. The van der Waals surface area contributed by atoms with Gasteiger partial charge in [-0.2, -0.15) is 4.31 Å². The molecule has 4 rings (SSSR count). The van der Waals surface area contributed by atoms with E-state index in [1.54, 1.807) is 0 Å². The first-order valence-electron chi connectivity index (χ1n) is 11.4. The van der Waals surface area contributed by atoms with Crippen LogP contribution in [0.25, 0.3) is 0 Å². The van der Waals surface area contributed by atoms with Gasteiger partial charge in [-0.25, -0.2) is 17.6 Å². The van der Waals surface area contributed by atoms with Gasteiger partial charge < -0.3 is 4.74 Å². The standard InChI is InChI=1S/C27H26FNO5S/c1-18-15-19(2)17-29(16-18)35(32,33)25-13-7-22(8-14-25)27(31)34-24-11-5-21(6-12-24)26(30)20-3-9-23(28)10-4-20/h3-14,18-19H,15-17H2,1-2H3/t18-,19-/m1/s1. The lowest BCUT2D eigenvalue weighted by Crippen LogP contribution is -2.42. The summed E-state index contributed by atoms with van der Waals surface area (Å²) in [6.45, 7) is 5.05.